The van der Waals surface area contributed by atoms with E-state index in [2.05, 4.69) is 17.1 Å². The second kappa shape index (κ2) is 6.08. The van der Waals surface area contributed by atoms with E-state index in [4.69, 9.17) is 5.84 Å². The van der Waals surface area contributed by atoms with E-state index in [1.165, 1.54) is 29.2 Å². The molecule has 6 nitrogen and oxygen atoms in total. The van der Waals surface area contributed by atoms with E-state index in [0.29, 0.717) is 17.0 Å². The van der Waals surface area contributed by atoms with Crippen LogP contribution in [0.2, 0.25) is 0 Å². The zero-order valence-electron chi connectivity index (χ0n) is 10.6. The van der Waals surface area contributed by atoms with Crippen molar-refractivity contribution in [2.45, 2.75) is 43.8 Å². The molecule has 1 amide bonds. The number of hydrogen-bond acceptors (Lipinski definition) is 5. The van der Waals surface area contributed by atoms with Crippen LogP contribution in [-0.4, -0.2) is 44.0 Å². The molecule has 0 radical (unpaired) electrons. The highest BCUT2D eigenvalue weighted by atomic mass is 32.2. The molecule has 1 aromatic heterocycles. The summed E-state index contributed by atoms with van der Waals surface area (Å²) in [7, 11) is 0. The quantitative estimate of drug-likeness (QED) is 0.648. The number of aromatic nitrogens is 3. The van der Waals surface area contributed by atoms with Gasteiger partial charge in [0.15, 0.2) is 0 Å². The predicted octanol–water partition coefficient (Wildman–Crippen LogP) is 0.875. The van der Waals surface area contributed by atoms with Crippen molar-refractivity contribution in [3.8, 4) is 0 Å². The highest BCUT2D eigenvalue weighted by Gasteiger charge is 2.25. The number of nitrogen functional groups attached to an aromatic ring is 1. The molecular weight excluding hydrogens is 250 g/mol. The summed E-state index contributed by atoms with van der Waals surface area (Å²) in [6.45, 7) is 3.02. The first-order chi connectivity index (χ1) is 8.72. The molecule has 0 bridgehead atoms. The number of amides is 1. The van der Waals surface area contributed by atoms with Gasteiger partial charge in [0, 0.05) is 12.6 Å². The first kappa shape index (κ1) is 13.2. The molecule has 18 heavy (non-hydrogen) atoms. The molecule has 7 heteroatoms. The average molecular weight is 269 g/mol. The monoisotopic (exact) mass is 269 g/mol. The summed E-state index contributed by atoms with van der Waals surface area (Å²) in [4.78, 5) is 14.2. The second-order valence-electron chi connectivity index (χ2n) is 4.45. The Morgan fingerprint density at radius 3 is 3.11 bits per heavy atom. The number of carbonyl (C=O) groups excluding carboxylic acids is 1. The van der Waals surface area contributed by atoms with Crippen molar-refractivity contribution in [2.75, 3.05) is 18.1 Å². The Balaban J connectivity index is 1.89. The van der Waals surface area contributed by atoms with Gasteiger partial charge in [0.2, 0.25) is 11.1 Å². The number of carbonyl (C=O) groups is 1. The summed E-state index contributed by atoms with van der Waals surface area (Å²) < 4.78 is 1.34. The third-order valence-corrected chi connectivity index (χ3v) is 4.23. The number of thioether (sulfide) groups is 1. The molecule has 1 fully saturated rings. The van der Waals surface area contributed by atoms with Crippen molar-refractivity contribution in [1.29, 1.82) is 0 Å². The average Bonchev–Trinajstić information content (AvgIpc) is 2.81. The van der Waals surface area contributed by atoms with Gasteiger partial charge in [0.1, 0.15) is 6.33 Å². The Morgan fingerprint density at radius 2 is 2.44 bits per heavy atom. The SMILES string of the molecule is CC[C@@H]1CCCCN1C(=O)CSc1nncn1N. The van der Waals surface area contributed by atoms with Gasteiger partial charge in [-0.15, -0.1) is 10.2 Å². The van der Waals surface area contributed by atoms with Crippen LogP contribution in [0.25, 0.3) is 0 Å². The normalized spacial score (nSPS) is 20.1. The van der Waals surface area contributed by atoms with Crippen molar-refractivity contribution in [1.82, 2.24) is 19.8 Å². The van der Waals surface area contributed by atoms with Crippen LogP contribution in [0.1, 0.15) is 32.6 Å². The zero-order valence-corrected chi connectivity index (χ0v) is 11.4. The third-order valence-electron chi connectivity index (χ3n) is 3.28. The molecule has 1 aromatic rings. The van der Waals surface area contributed by atoms with Gasteiger partial charge in [-0.3, -0.25) is 4.79 Å². The van der Waals surface area contributed by atoms with E-state index in [1.54, 1.807) is 0 Å². The molecule has 1 aliphatic rings. The molecular formula is C11H19N5OS. The van der Waals surface area contributed by atoms with Gasteiger partial charge < -0.3 is 10.7 Å². The maximum absolute atomic E-state index is 12.2. The van der Waals surface area contributed by atoms with Crippen molar-refractivity contribution >= 4 is 17.7 Å². The topological polar surface area (TPSA) is 77.0 Å². The first-order valence-electron chi connectivity index (χ1n) is 6.29. The molecule has 2 rings (SSSR count). The lowest BCUT2D eigenvalue weighted by molar-refractivity contribution is -0.132. The summed E-state index contributed by atoms with van der Waals surface area (Å²) in [5.41, 5.74) is 0. The number of piperidine rings is 1. The Kier molecular flexibility index (Phi) is 4.46. The van der Waals surface area contributed by atoms with Crippen LogP contribution < -0.4 is 5.84 Å². The van der Waals surface area contributed by atoms with Crippen molar-refractivity contribution in [3.05, 3.63) is 6.33 Å². The number of nitrogens with zero attached hydrogens (tertiary/aromatic N) is 4. The molecule has 1 aliphatic heterocycles. The number of likely N-dealkylation sites (tertiary alicyclic amines) is 1. The summed E-state index contributed by atoms with van der Waals surface area (Å²) in [5, 5.41) is 8.11. The lowest BCUT2D eigenvalue weighted by Crippen LogP contribution is -2.44. The van der Waals surface area contributed by atoms with E-state index >= 15 is 0 Å². The smallest absolute Gasteiger partial charge is 0.233 e. The van der Waals surface area contributed by atoms with E-state index in [-0.39, 0.29) is 5.91 Å². The van der Waals surface area contributed by atoms with E-state index in [1.807, 2.05) is 4.90 Å². The van der Waals surface area contributed by atoms with Crippen LogP contribution in [0, 0.1) is 0 Å². The summed E-state index contributed by atoms with van der Waals surface area (Å²) in [5.74, 6) is 6.16. The van der Waals surface area contributed by atoms with Gasteiger partial charge in [-0.2, -0.15) is 0 Å². The van der Waals surface area contributed by atoms with Crippen molar-refractivity contribution in [2.24, 2.45) is 0 Å². The first-order valence-corrected chi connectivity index (χ1v) is 7.28. The van der Waals surface area contributed by atoms with E-state index in [0.717, 1.165) is 25.8 Å². The van der Waals surface area contributed by atoms with Crippen molar-refractivity contribution < 1.29 is 4.79 Å². The molecule has 2 heterocycles. The largest absolute Gasteiger partial charge is 0.339 e. The summed E-state index contributed by atoms with van der Waals surface area (Å²) in [6, 6.07) is 0.405. The molecule has 0 aromatic carbocycles. The van der Waals surface area contributed by atoms with Crippen LogP contribution in [0.4, 0.5) is 0 Å². The minimum Gasteiger partial charge on any atom is -0.339 e. The lowest BCUT2D eigenvalue weighted by atomic mass is 10.0. The Bertz CT molecular complexity index is 408. The molecule has 0 spiro atoms. The van der Waals surface area contributed by atoms with Gasteiger partial charge in [-0.1, -0.05) is 18.7 Å². The fourth-order valence-electron chi connectivity index (χ4n) is 2.30. The zero-order chi connectivity index (χ0) is 13.0. The summed E-state index contributed by atoms with van der Waals surface area (Å²) in [6.07, 6.45) is 5.93. The van der Waals surface area contributed by atoms with Crippen LogP contribution in [0.3, 0.4) is 0 Å². The Hall–Kier alpha value is -1.24. The van der Waals surface area contributed by atoms with Gasteiger partial charge in [0.05, 0.1) is 5.75 Å². The van der Waals surface area contributed by atoms with Gasteiger partial charge in [-0.25, -0.2) is 4.68 Å². The minimum absolute atomic E-state index is 0.176. The molecule has 0 saturated carbocycles. The van der Waals surface area contributed by atoms with Crippen LogP contribution in [0.15, 0.2) is 11.5 Å². The van der Waals surface area contributed by atoms with Gasteiger partial charge in [-0.05, 0) is 25.7 Å². The van der Waals surface area contributed by atoms with Crippen LogP contribution in [0.5, 0.6) is 0 Å². The lowest BCUT2D eigenvalue weighted by Gasteiger charge is -2.35. The Labute approximate surface area is 111 Å². The van der Waals surface area contributed by atoms with Crippen LogP contribution >= 0.6 is 11.8 Å². The fraction of sp³-hybridized carbons (Fsp3) is 0.727. The fourth-order valence-corrected chi connectivity index (χ4v) is 3.02. The van der Waals surface area contributed by atoms with Gasteiger partial charge >= 0.3 is 0 Å². The molecule has 1 saturated heterocycles. The Morgan fingerprint density at radius 1 is 1.61 bits per heavy atom. The second-order valence-corrected chi connectivity index (χ2v) is 5.40. The maximum Gasteiger partial charge on any atom is 0.233 e. The predicted molar refractivity (Wildman–Crippen MR) is 70.5 cm³/mol. The standard InChI is InChI=1S/C11H19N5OS/c1-2-9-5-3-4-6-15(9)10(17)7-18-11-14-13-8-16(11)12/h8-9H,2-7,12H2,1H3/t9-/m1/s1. The number of rotatable bonds is 4. The number of hydrogen-bond donors (Lipinski definition) is 1. The molecule has 100 valence electrons. The third kappa shape index (κ3) is 2.95. The van der Waals surface area contributed by atoms with E-state index in [9.17, 15) is 4.79 Å². The molecule has 2 N–H and O–H groups in total. The van der Waals surface area contributed by atoms with Crippen LogP contribution in [-0.2, 0) is 4.79 Å². The van der Waals surface area contributed by atoms with Gasteiger partial charge in [0.25, 0.3) is 0 Å². The van der Waals surface area contributed by atoms with Crippen molar-refractivity contribution in [3.63, 3.8) is 0 Å². The highest BCUT2D eigenvalue weighted by Crippen LogP contribution is 2.21. The minimum atomic E-state index is 0.176. The molecule has 1 atom stereocenters. The summed E-state index contributed by atoms with van der Waals surface area (Å²) >= 11 is 1.34. The molecule has 0 aliphatic carbocycles. The molecule has 0 unspecified atom stereocenters. The number of nitrogens with two attached hydrogens (primary N) is 1. The highest BCUT2D eigenvalue weighted by molar-refractivity contribution is 7.99. The maximum atomic E-state index is 12.2. The van der Waals surface area contributed by atoms with E-state index < -0.39 is 0 Å².